The zero-order valence-electron chi connectivity index (χ0n) is 15.2. The second-order valence-corrected chi connectivity index (χ2v) is 7.28. The fourth-order valence-corrected chi connectivity index (χ4v) is 3.67. The van der Waals surface area contributed by atoms with Crippen molar-refractivity contribution in [1.29, 1.82) is 0 Å². The molecule has 1 N–H and O–H groups in total. The number of non-ortho nitro benzene ring substituents is 1. The molecule has 2 aromatic carbocycles. The van der Waals surface area contributed by atoms with Crippen molar-refractivity contribution in [2.75, 3.05) is 0 Å². The van der Waals surface area contributed by atoms with Crippen LogP contribution in [-0.2, 0) is 6.54 Å². The molecule has 0 aliphatic rings. The van der Waals surface area contributed by atoms with Crippen LogP contribution in [0.2, 0.25) is 0 Å². The van der Waals surface area contributed by atoms with E-state index in [1.807, 2.05) is 41.9 Å². The minimum atomic E-state index is -0.409. The van der Waals surface area contributed by atoms with E-state index >= 15 is 0 Å². The number of hydrogen-bond acceptors (Lipinski definition) is 5. The number of benzene rings is 2. The molecule has 0 atom stereocenters. The number of hydrogen-bond donors (Lipinski definition) is 1. The third-order valence-electron chi connectivity index (χ3n) is 4.43. The molecule has 29 heavy (non-hydrogen) atoms. The van der Waals surface area contributed by atoms with E-state index in [1.165, 1.54) is 23.5 Å². The van der Waals surface area contributed by atoms with Gasteiger partial charge in [0, 0.05) is 41.3 Å². The van der Waals surface area contributed by atoms with Gasteiger partial charge in [-0.3, -0.25) is 14.9 Å². The number of amides is 1. The summed E-state index contributed by atoms with van der Waals surface area (Å²) in [4.78, 5) is 23.0. The lowest BCUT2D eigenvalue weighted by Crippen LogP contribution is -2.16. The lowest BCUT2D eigenvalue weighted by molar-refractivity contribution is -0.384. The summed E-state index contributed by atoms with van der Waals surface area (Å²) in [6.07, 6.45) is 3.58. The summed E-state index contributed by atoms with van der Waals surface area (Å²) >= 11 is 1.36. The Hall–Kier alpha value is -3.78. The maximum Gasteiger partial charge on any atom is 0.281 e. The van der Waals surface area contributed by atoms with E-state index in [2.05, 4.69) is 15.1 Å². The highest BCUT2D eigenvalue weighted by molar-refractivity contribution is 7.12. The van der Waals surface area contributed by atoms with Gasteiger partial charge in [-0.05, 0) is 23.1 Å². The first-order chi connectivity index (χ1) is 14.1. The Morgan fingerprint density at radius 1 is 1.14 bits per heavy atom. The van der Waals surface area contributed by atoms with Gasteiger partial charge in [0.15, 0.2) is 0 Å². The lowest BCUT2D eigenvalue weighted by Gasteiger charge is -2.05. The molecule has 4 rings (SSSR count). The fraction of sp³-hybridized carbons (Fsp3) is 0.0476. The first-order valence-electron chi connectivity index (χ1n) is 8.80. The number of thiophene rings is 1. The summed E-state index contributed by atoms with van der Waals surface area (Å²) in [5.41, 5.74) is 5.44. The summed E-state index contributed by atoms with van der Waals surface area (Å²) in [6.45, 7) is 0.563. The van der Waals surface area contributed by atoms with Gasteiger partial charge < -0.3 is 4.57 Å². The third-order valence-corrected chi connectivity index (χ3v) is 5.30. The molecule has 0 aliphatic carbocycles. The molecule has 0 saturated heterocycles. The molecule has 2 heterocycles. The summed E-state index contributed by atoms with van der Waals surface area (Å²) in [6, 6.07) is 18.0. The number of rotatable bonds is 6. The normalized spacial score (nSPS) is 11.2. The molecular weight excluding hydrogens is 388 g/mol. The predicted molar refractivity (Wildman–Crippen MR) is 114 cm³/mol. The summed E-state index contributed by atoms with van der Waals surface area (Å²) in [5, 5.41) is 17.8. The summed E-state index contributed by atoms with van der Waals surface area (Å²) in [5.74, 6) is -0.245. The van der Waals surface area contributed by atoms with Crippen molar-refractivity contribution >= 4 is 40.0 Å². The molecule has 8 heteroatoms. The SMILES string of the molecule is O=C(N/N=C\c1cn(Cc2ccc([N+](=O)[O-])cc2)c2ccccc12)c1cccs1. The van der Waals surface area contributed by atoms with E-state index in [9.17, 15) is 14.9 Å². The van der Waals surface area contributed by atoms with Gasteiger partial charge in [-0.2, -0.15) is 5.10 Å². The van der Waals surface area contributed by atoms with Gasteiger partial charge >= 0.3 is 0 Å². The number of fused-ring (bicyclic) bond motifs is 1. The third kappa shape index (κ3) is 4.07. The quantitative estimate of drug-likeness (QED) is 0.293. The van der Waals surface area contributed by atoms with Gasteiger partial charge in [0.1, 0.15) is 0 Å². The van der Waals surface area contributed by atoms with E-state index in [1.54, 1.807) is 24.4 Å². The number of carbonyl (C=O) groups excluding carboxylic acids is 1. The van der Waals surface area contributed by atoms with Gasteiger partial charge in [0.05, 0.1) is 16.0 Å². The van der Waals surface area contributed by atoms with Gasteiger partial charge in [-0.25, -0.2) is 5.43 Å². The number of nitro benzene ring substituents is 1. The molecule has 7 nitrogen and oxygen atoms in total. The second kappa shape index (κ2) is 8.07. The molecule has 144 valence electrons. The zero-order chi connectivity index (χ0) is 20.2. The number of hydrazone groups is 1. The van der Waals surface area contributed by atoms with Crippen LogP contribution in [0.15, 0.2) is 77.3 Å². The monoisotopic (exact) mass is 404 g/mol. The average Bonchev–Trinajstić information content (AvgIpc) is 3.38. The highest BCUT2D eigenvalue weighted by atomic mass is 32.1. The molecule has 4 aromatic rings. The van der Waals surface area contributed by atoms with Crippen molar-refractivity contribution in [2.45, 2.75) is 6.54 Å². The standard InChI is InChI=1S/C21H16N4O3S/c26-21(20-6-3-11-29-20)23-22-12-16-14-24(19-5-2-1-4-18(16)19)13-15-7-9-17(10-8-15)25(27)28/h1-12,14H,13H2,(H,23,26)/b22-12-. The van der Waals surface area contributed by atoms with E-state index in [4.69, 9.17) is 0 Å². The first-order valence-corrected chi connectivity index (χ1v) is 9.68. The van der Waals surface area contributed by atoms with Crippen molar-refractivity contribution in [3.05, 3.63) is 98.4 Å². The smallest absolute Gasteiger partial charge is 0.281 e. The zero-order valence-corrected chi connectivity index (χ0v) is 16.0. The maximum atomic E-state index is 12.0. The minimum Gasteiger partial charge on any atom is -0.342 e. The lowest BCUT2D eigenvalue weighted by atomic mass is 10.2. The fourth-order valence-electron chi connectivity index (χ4n) is 3.05. The van der Waals surface area contributed by atoms with E-state index in [-0.39, 0.29) is 11.6 Å². The maximum absolute atomic E-state index is 12.0. The minimum absolute atomic E-state index is 0.0698. The molecule has 0 fully saturated rings. The number of nitrogens with zero attached hydrogens (tertiary/aromatic N) is 3. The van der Waals surface area contributed by atoms with Gasteiger partial charge in [0.2, 0.25) is 0 Å². The van der Waals surface area contributed by atoms with Crippen LogP contribution in [0.4, 0.5) is 5.69 Å². The molecule has 0 bridgehead atoms. The van der Waals surface area contributed by atoms with Gasteiger partial charge in [-0.15, -0.1) is 11.3 Å². The number of carbonyl (C=O) groups is 1. The van der Waals surface area contributed by atoms with Gasteiger partial charge in [-0.1, -0.05) is 36.4 Å². The van der Waals surface area contributed by atoms with Crippen LogP contribution in [0.3, 0.4) is 0 Å². The Kier molecular flexibility index (Phi) is 5.17. The van der Waals surface area contributed by atoms with Crippen molar-refractivity contribution in [3.63, 3.8) is 0 Å². The van der Waals surface area contributed by atoms with Crippen molar-refractivity contribution in [2.24, 2.45) is 5.10 Å². The average molecular weight is 404 g/mol. The largest absolute Gasteiger partial charge is 0.342 e. The highest BCUT2D eigenvalue weighted by Crippen LogP contribution is 2.22. The number of aromatic nitrogens is 1. The summed E-state index contributed by atoms with van der Waals surface area (Å²) < 4.78 is 2.05. The highest BCUT2D eigenvalue weighted by Gasteiger charge is 2.09. The van der Waals surface area contributed by atoms with Crippen LogP contribution in [-0.4, -0.2) is 21.6 Å². The Labute approximate surface area is 170 Å². The summed E-state index contributed by atoms with van der Waals surface area (Å²) in [7, 11) is 0. The van der Waals surface area contributed by atoms with Crippen LogP contribution in [0.5, 0.6) is 0 Å². The molecular formula is C21H16N4O3S. The Morgan fingerprint density at radius 3 is 2.66 bits per heavy atom. The molecule has 0 radical (unpaired) electrons. The Balaban J connectivity index is 1.57. The van der Waals surface area contributed by atoms with E-state index < -0.39 is 4.92 Å². The molecule has 2 aromatic heterocycles. The van der Waals surface area contributed by atoms with E-state index in [0.717, 1.165) is 22.0 Å². The molecule has 0 unspecified atom stereocenters. The van der Waals surface area contributed by atoms with Crippen molar-refractivity contribution in [1.82, 2.24) is 9.99 Å². The topological polar surface area (TPSA) is 89.5 Å². The number of para-hydroxylation sites is 1. The van der Waals surface area contributed by atoms with Crippen molar-refractivity contribution in [3.8, 4) is 0 Å². The van der Waals surface area contributed by atoms with Crippen molar-refractivity contribution < 1.29 is 9.72 Å². The van der Waals surface area contributed by atoms with Gasteiger partial charge in [0.25, 0.3) is 11.6 Å². The van der Waals surface area contributed by atoms with Crippen LogP contribution < -0.4 is 5.43 Å². The Bertz CT molecular complexity index is 1190. The molecule has 0 spiro atoms. The predicted octanol–water partition coefficient (Wildman–Crippen LogP) is 4.42. The Morgan fingerprint density at radius 2 is 1.93 bits per heavy atom. The van der Waals surface area contributed by atoms with Crippen LogP contribution in [0.25, 0.3) is 10.9 Å². The molecule has 0 aliphatic heterocycles. The second-order valence-electron chi connectivity index (χ2n) is 6.33. The van der Waals surface area contributed by atoms with Crippen LogP contribution in [0.1, 0.15) is 20.8 Å². The number of nitrogens with one attached hydrogen (secondary N) is 1. The number of nitro groups is 1. The molecule has 1 amide bonds. The first kappa shape index (κ1) is 18.6. The van der Waals surface area contributed by atoms with E-state index in [0.29, 0.717) is 11.4 Å². The van der Waals surface area contributed by atoms with Crippen LogP contribution in [0, 0.1) is 10.1 Å². The molecule has 0 saturated carbocycles. The van der Waals surface area contributed by atoms with Crippen LogP contribution >= 0.6 is 11.3 Å².